The topological polar surface area (TPSA) is 101 Å². The number of nitrogens with two attached hydrogens (primary N) is 1. The van der Waals surface area contributed by atoms with Crippen LogP contribution >= 0.6 is 0 Å². The molecule has 0 fully saturated rings. The van der Waals surface area contributed by atoms with Crippen molar-refractivity contribution in [3.8, 4) is 6.07 Å². The van der Waals surface area contributed by atoms with E-state index in [0.717, 1.165) is 5.69 Å². The second-order valence-electron chi connectivity index (χ2n) is 2.60. The van der Waals surface area contributed by atoms with Crippen LogP contribution < -0.4 is 5.73 Å². The molecule has 0 aliphatic heterocycles. The van der Waals surface area contributed by atoms with Gasteiger partial charge in [-0.2, -0.15) is 5.26 Å². The highest BCUT2D eigenvalue weighted by Gasteiger charge is 1.83. The summed E-state index contributed by atoms with van der Waals surface area (Å²) in [7, 11) is 0. The maximum atomic E-state index is 8.19. The molecule has 6 heteroatoms. The van der Waals surface area contributed by atoms with Crippen LogP contribution in [-0.4, -0.2) is 19.9 Å². The Labute approximate surface area is 92.8 Å². The molecule has 2 heterocycles. The van der Waals surface area contributed by atoms with Crippen molar-refractivity contribution < 1.29 is 0 Å². The van der Waals surface area contributed by atoms with Crippen molar-refractivity contribution in [3.05, 3.63) is 48.6 Å². The van der Waals surface area contributed by atoms with Gasteiger partial charge in [0.15, 0.2) is 5.69 Å². The van der Waals surface area contributed by atoms with Gasteiger partial charge in [-0.15, -0.1) is 0 Å². The lowest BCUT2D eigenvalue weighted by Crippen LogP contribution is -1.98. The van der Waals surface area contributed by atoms with Crippen molar-refractivity contribution in [1.82, 2.24) is 19.9 Å². The average molecular weight is 214 g/mol. The predicted molar refractivity (Wildman–Crippen MR) is 56.7 cm³/mol. The van der Waals surface area contributed by atoms with Crippen LogP contribution in [0.2, 0.25) is 0 Å². The monoisotopic (exact) mass is 214 g/mol. The lowest BCUT2D eigenvalue weighted by atomic mass is 10.5. The quantitative estimate of drug-likeness (QED) is 0.731. The molecular formula is C10H10N6. The molecule has 6 nitrogen and oxygen atoms in total. The van der Waals surface area contributed by atoms with E-state index in [0.29, 0.717) is 12.2 Å². The zero-order valence-corrected chi connectivity index (χ0v) is 8.48. The van der Waals surface area contributed by atoms with Crippen LogP contribution in [0.4, 0.5) is 0 Å². The summed E-state index contributed by atoms with van der Waals surface area (Å²) in [5, 5.41) is 8.19. The number of hydrogen-bond donors (Lipinski definition) is 1. The molecule has 0 amide bonds. The molecule has 2 aromatic rings. The van der Waals surface area contributed by atoms with Gasteiger partial charge < -0.3 is 5.73 Å². The average Bonchev–Trinajstić information content (AvgIpc) is 2.41. The molecule has 80 valence electrons. The third-order valence-corrected chi connectivity index (χ3v) is 1.50. The largest absolute Gasteiger partial charge is 0.325 e. The summed E-state index contributed by atoms with van der Waals surface area (Å²) in [6.45, 7) is 0.466. The van der Waals surface area contributed by atoms with Crippen molar-refractivity contribution in [2.24, 2.45) is 5.73 Å². The van der Waals surface area contributed by atoms with E-state index in [1.165, 1.54) is 18.6 Å². The van der Waals surface area contributed by atoms with Crippen LogP contribution in [0.3, 0.4) is 0 Å². The Kier molecular flexibility index (Phi) is 5.09. The van der Waals surface area contributed by atoms with Crippen molar-refractivity contribution >= 4 is 0 Å². The smallest absolute Gasteiger partial charge is 0.158 e. The molecule has 2 N–H and O–H groups in total. The van der Waals surface area contributed by atoms with Gasteiger partial charge in [0.05, 0.1) is 11.9 Å². The molecule has 2 aromatic heterocycles. The van der Waals surface area contributed by atoms with E-state index in [2.05, 4.69) is 19.9 Å². The van der Waals surface area contributed by atoms with Crippen molar-refractivity contribution in [1.29, 1.82) is 5.26 Å². The standard InChI is InChI=1S/C5H7N3.C5H3N3/c2*6-3-5-4-7-1-2-8-5/h1-2,4H,3,6H2;1-2,4H. The van der Waals surface area contributed by atoms with Crippen molar-refractivity contribution in [3.63, 3.8) is 0 Å². The number of aromatic nitrogens is 4. The molecule has 0 aliphatic rings. The fraction of sp³-hybridized carbons (Fsp3) is 0.100. The van der Waals surface area contributed by atoms with Crippen LogP contribution in [-0.2, 0) is 6.54 Å². The van der Waals surface area contributed by atoms with Gasteiger partial charge in [0, 0.05) is 37.5 Å². The van der Waals surface area contributed by atoms with Gasteiger partial charge in [-0.3, -0.25) is 15.0 Å². The summed E-state index contributed by atoms with van der Waals surface area (Å²) in [5.41, 5.74) is 6.43. The third kappa shape index (κ3) is 4.21. The van der Waals surface area contributed by atoms with E-state index >= 15 is 0 Å². The predicted octanol–water partition coefficient (Wildman–Crippen LogP) is 0.284. The molecule has 0 bridgehead atoms. The molecule has 0 unspecified atom stereocenters. The lowest BCUT2D eigenvalue weighted by molar-refractivity contribution is 0.963. The van der Waals surface area contributed by atoms with Gasteiger partial charge in [0.25, 0.3) is 0 Å². The minimum atomic E-state index is 0.354. The Morgan fingerprint density at radius 1 is 1.06 bits per heavy atom. The van der Waals surface area contributed by atoms with Gasteiger partial charge in [0.1, 0.15) is 6.07 Å². The first-order valence-corrected chi connectivity index (χ1v) is 4.48. The van der Waals surface area contributed by atoms with E-state index in [-0.39, 0.29) is 0 Å². The molecule has 2 rings (SSSR count). The van der Waals surface area contributed by atoms with Crippen LogP contribution in [0.1, 0.15) is 11.4 Å². The Morgan fingerprint density at radius 3 is 2.06 bits per heavy atom. The second kappa shape index (κ2) is 6.98. The highest BCUT2D eigenvalue weighted by molar-refractivity contribution is 5.13. The fourth-order valence-corrected chi connectivity index (χ4v) is 0.792. The fourth-order valence-electron chi connectivity index (χ4n) is 0.792. The molecule has 0 atom stereocenters. The normalized spacial score (nSPS) is 8.50. The first-order valence-electron chi connectivity index (χ1n) is 4.48. The Morgan fingerprint density at radius 2 is 1.75 bits per heavy atom. The lowest BCUT2D eigenvalue weighted by Gasteiger charge is -1.88. The number of nitriles is 1. The zero-order valence-electron chi connectivity index (χ0n) is 8.48. The summed E-state index contributed by atoms with van der Waals surface area (Å²) >= 11 is 0. The van der Waals surface area contributed by atoms with Crippen LogP contribution in [0, 0.1) is 11.3 Å². The SMILES string of the molecule is N#Cc1cnccn1.NCc1cnccn1. The van der Waals surface area contributed by atoms with Gasteiger partial charge in [-0.05, 0) is 0 Å². The van der Waals surface area contributed by atoms with Gasteiger partial charge in [-0.25, -0.2) is 4.98 Å². The number of hydrogen-bond acceptors (Lipinski definition) is 6. The molecule has 16 heavy (non-hydrogen) atoms. The van der Waals surface area contributed by atoms with Gasteiger partial charge >= 0.3 is 0 Å². The summed E-state index contributed by atoms with van der Waals surface area (Å²) < 4.78 is 0. The molecular weight excluding hydrogens is 204 g/mol. The Balaban J connectivity index is 0.000000160. The zero-order chi connectivity index (χ0) is 11.6. The summed E-state index contributed by atoms with van der Waals surface area (Å²) in [6, 6.07) is 1.85. The van der Waals surface area contributed by atoms with Crippen LogP contribution in [0.25, 0.3) is 0 Å². The molecule has 0 saturated carbocycles. The summed E-state index contributed by atoms with van der Waals surface area (Å²) in [6.07, 6.45) is 9.33. The minimum Gasteiger partial charge on any atom is -0.325 e. The number of nitrogens with zero attached hydrogens (tertiary/aromatic N) is 5. The second-order valence-corrected chi connectivity index (χ2v) is 2.60. The van der Waals surface area contributed by atoms with Gasteiger partial charge in [-0.1, -0.05) is 0 Å². The van der Waals surface area contributed by atoms with E-state index < -0.39 is 0 Å². The highest BCUT2D eigenvalue weighted by Crippen LogP contribution is 1.84. The molecule has 0 aromatic carbocycles. The maximum absolute atomic E-state index is 8.19. The molecule has 0 saturated heterocycles. The van der Waals surface area contributed by atoms with Crippen LogP contribution in [0.5, 0.6) is 0 Å². The van der Waals surface area contributed by atoms with E-state index in [1.54, 1.807) is 18.6 Å². The summed E-state index contributed by atoms with van der Waals surface area (Å²) in [4.78, 5) is 15.1. The molecule has 0 aliphatic carbocycles. The molecule has 0 radical (unpaired) electrons. The van der Waals surface area contributed by atoms with Crippen LogP contribution in [0.15, 0.2) is 37.2 Å². The maximum Gasteiger partial charge on any atom is 0.158 e. The number of rotatable bonds is 1. The molecule has 0 spiro atoms. The first-order chi connectivity index (χ1) is 7.86. The Bertz CT molecular complexity index is 436. The minimum absolute atomic E-state index is 0.354. The van der Waals surface area contributed by atoms with Gasteiger partial charge in [0.2, 0.25) is 0 Å². The highest BCUT2D eigenvalue weighted by atomic mass is 14.8. The van der Waals surface area contributed by atoms with E-state index in [1.807, 2.05) is 6.07 Å². The Hall–Kier alpha value is -2.39. The van der Waals surface area contributed by atoms with Crippen molar-refractivity contribution in [2.75, 3.05) is 0 Å². The van der Waals surface area contributed by atoms with E-state index in [4.69, 9.17) is 11.0 Å². The van der Waals surface area contributed by atoms with Crippen molar-refractivity contribution in [2.45, 2.75) is 6.54 Å². The third-order valence-electron chi connectivity index (χ3n) is 1.50. The van der Waals surface area contributed by atoms with E-state index in [9.17, 15) is 0 Å². The summed E-state index contributed by atoms with van der Waals surface area (Å²) in [5.74, 6) is 0. The first kappa shape index (κ1) is 11.7.